The van der Waals surface area contributed by atoms with Crippen molar-refractivity contribution in [2.24, 2.45) is 0 Å². The molecule has 0 radical (unpaired) electrons. The topological polar surface area (TPSA) is 31.4 Å². The van der Waals surface area contributed by atoms with Gasteiger partial charge in [0.15, 0.2) is 16.1 Å². The van der Waals surface area contributed by atoms with Crippen LogP contribution in [0, 0.1) is 0 Å². The summed E-state index contributed by atoms with van der Waals surface area (Å²) in [4.78, 5) is 4.35. The van der Waals surface area contributed by atoms with Crippen molar-refractivity contribution >= 4 is 27.7 Å². The summed E-state index contributed by atoms with van der Waals surface area (Å²) in [6.07, 6.45) is 4.19. The highest BCUT2D eigenvalue weighted by atomic mass is 79.9. The summed E-state index contributed by atoms with van der Waals surface area (Å²) in [5.74, 6) is 1.57. The van der Waals surface area contributed by atoms with Gasteiger partial charge in [-0.05, 0) is 35.0 Å². The van der Waals surface area contributed by atoms with Crippen LogP contribution in [-0.4, -0.2) is 23.4 Å². The van der Waals surface area contributed by atoms with Gasteiger partial charge in [0.25, 0.3) is 0 Å². The Hall–Kier alpha value is -0.420. The summed E-state index contributed by atoms with van der Waals surface area (Å²) in [7, 11) is 0. The van der Waals surface area contributed by atoms with Crippen LogP contribution in [0.3, 0.4) is 0 Å². The first-order chi connectivity index (χ1) is 7.22. The molecular formula is C10H10BrNO2S. The van der Waals surface area contributed by atoms with Gasteiger partial charge in [0, 0.05) is 6.07 Å². The normalized spacial score (nSPS) is 20.4. The van der Waals surface area contributed by atoms with Crippen LogP contribution in [0.5, 0.6) is 11.5 Å². The van der Waals surface area contributed by atoms with Crippen molar-refractivity contribution in [3.05, 3.63) is 10.7 Å². The molecule has 0 saturated heterocycles. The highest BCUT2D eigenvalue weighted by Gasteiger charge is 2.49. The van der Waals surface area contributed by atoms with E-state index in [-0.39, 0.29) is 5.60 Å². The van der Waals surface area contributed by atoms with Gasteiger partial charge < -0.3 is 9.47 Å². The fourth-order valence-corrected chi connectivity index (χ4v) is 2.65. The average molecular weight is 288 g/mol. The first-order valence-electron chi connectivity index (χ1n) is 4.79. The molecule has 1 saturated carbocycles. The van der Waals surface area contributed by atoms with Crippen LogP contribution >= 0.6 is 27.7 Å². The van der Waals surface area contributed by atoms with E-state index in [0.717, 1.165) is 34.0 Å². The molecule has 0 unspecified atom stereocenters. The fourth-order valence-electron chi connectivity index (χ4n) is 1.62. The predicted molar refractivity (Wildman–Crippen MR) is 61.8 cm³/mol. The third-order valence-corrected chi connectivity index (χ3v) is 3.86. The number of ether oxygens (including phenoxy) is 2. The molecule has 0 amide bonds. The van der Waals surface area contributed by atoms with Gasteiger partial charge in [0.05, 0.1) is 0 Å². The molecule has 0 aromatic carbocycles. The van der Waals surface area contributed by atoms with E-state index in [0.29, 0.717) is 6.61 Å². The van der Waals surface area contributed by atoms with Crippen molar-refractivity contribution in [2.45, 2.75) is 23.5 Å². The monoisotopic (exact) mass is 287 g/mol. The fraction of sp³-hybridized carbons (Fsp3) is 0.500. The average Bonchev–Trinajstić information content (AvgIpc) is 2.97. The maximum absolute atomic E-state index is 5.95. The van der Waals surface area contributed by atoms with Gasteiger partial charge in [0.1, 0.15) is 17.2 Å². The van der Waals surface area contributed by atoms with E-state index in [1.807, 2.05) is 12.3 Å². The molecule has 2 heterocycles. The Morgan fingerprint density at radius 2 is 2.33 bits per heavy atom. The van der Waals surface area contributed by atoms with Crippen LogP contribution in [0.25, 0.3) is 0 Å². The molecule has 0 N–H and O–H groups in total. The standard InChI is InChI=1S/C10H10BrNO2S/c1-15-7-4-6-8(9(11)12-7)13-5-10(14-6)2-3-10/h4H,2-3,5H2,1H3. The molecule has 1 aromatic rings. The van der Waals surface area contributed by atoms with Gasteiger partial charge in [-0.1, -0.05) is 0 Å². The van der Waals surface area contributed by atoms with Crippen molar-refractivity contribution in [1.29, 1.82) is 0 Å². The number of rotatable bonds is 1. The summed E-state index contributed by atoms with van der Waals surface area (Å²) < 4.78 is 12.4. The van der Waals surface area contributed by atoms with Crippen LogP contribution in [0.4, 0.5) is 0 Å². The van der Waals surface area contributed by atoms with E-state index in [4.69, 9.17) is 9.47 Å². The molecule has 0 atom stereocenters. The number of pyridine rings is 1. The van der Waals surface area contributed by atoms with Crippen LogP contribution in [0.1, 0.15) is 12.8 Å². The zero-order valence-electron chi connectivity index (χ0n) is 8.25. The molecular weight excluding hydrogens is 278 g/mol. The minimum atomic E-state index is -0.0243. The summed E-state index contributed by atoms with van der Waals surface area (Å²) >= 11 is 5.00. The first-order valence-corrected chi connectivity index (χ1v) is 6.81. The van der Waals surface area contributed by atoms with Crippen LogP contribution in [0.15, 0.2) is 15.7 Å². The van der Waals surface area contributed by atoms with E-state index < -0.39 is 0 Å². The second kappa shape index (κ2) is 3.28. The SMILES string of the molecule is CSc1cc2c(c(Br)n1)OCC1(CC1)O2. The van der Waals surface area contributed by atoms with E-state index in [1.54, 1.807) is 11.8 Å². The molecule has 1 fully saturated rings. The molecule has 15 heavy (non-hydrogen) atoms. The predicted octanol–water partition coefficient (Wildman–Crippen LogP) is 2.87. The Morgan fingerprint density at radius 3 is 3.00 bits per heavy atom. The second-order valence-electron chi connectivity index (χ2n) is 3.86. The highest BCUT2D eigenvalue weighted by molar-refractivity contribution is 9.10. The van der Waals surface area contributed by atoms with Gasteiger partial charge in [0.2, 0.25) is 0 Å². The van der Waals surface area contributed by atoms with Crippen molar-refractivity contribution in [3.63, 3.8) is 0 Å². The molecule has 1 aliphatic carbocycles. The second-order valence-corrected chi connectivity index (χ2v) is 5.43. The Bertz CT molecular complexity index is 420. The zero-order valence-corrected chi connectivity index (χ0v) is 10.7. The number of nitrogens with zero attached hydrogens (tertiary/aromatic N) is 1. The Balaban J connectivity index is 2.03. The van der Waals surface area contributed by atoms with Gasteiger partial charge in [-0.3, -0.25) is 0 Å². The Labute approximate surface area is 101 Å². The van der Waals surface area contributed by atoms with Crippen molar-refractivity contribution in [3.8, 4) is 11.5 Å². The van der Waals surface area contributed by atoms with Gasteiger partial charge in [-0.2, -0.15) is 0 Å². The molecule has 1 aromatic heterocycles. The lowest BCUT2D eigenvalue weighted by Crippen LogP contribution is -2.31. The summed E-state index contributed by atoms with van der Waals surface area (Å²) in [6, 6.07) is 1.95. The van der Waals surface area contributed by atoms with E-state index in [9.17, 15) is 0 Å². The van der Waals surface area contributed by atoms with Crippen molar-refractivity contribution in [2.75, 3.05) is 12.9 Å². The summed E-state index contributed by atoms with van der Waals surface area (Å²) in [5, 5.41) is 0.946. The van der Waals surface area contributed by atoms with Crippen LogP contribution < -0.4 is 9.47 Å². The third-order valence-electron chi connectivity index (χ3n) is 2.70. The molecule has 1 aliphatic heterocycles. The van der Waals surface area contributed by atoms with Crippen LogP contribution in [-0.2, 0) is 0 Å². The quantitative estimate of drug-likeness (QED) is 0.587. The van der Waals surface area contributed by atoms with Crippen molar-refractivity contribution < 1.29 is 9.47 Å². The number of hydrogen-bond acceptors (Lipinski definition) is 4. The Morgan fingerprint density at radius 1 is 1.53 bits per heavy atom. The number of hydrogen-bond donors (Lipinski definition) is 0. The minimum absolute atomic E-state index is 0.0243. The molecule has 1 spiro atoms. The van der Waals surface area contributed by atoms with Gasteiger partial charge in [-0.15, -0.1) is 11.8 Å². The number of fused-ring (bicyclic) bond motifs is 1. The molecule has 0 bridgehead atoms. The van der Waals surface area contributed by atoms with E-state index >= 15 is 0 Å². The van der Waals surface area contributed by atoms with Gasteiger partial charge >= 0.3 is 0 Å². The first kappa shape index (κ1) is 9.78. The molecule has 3 rings (SSSR count). The maximum Gasteiger partial charge on any atom is 0.194 e. The van der Waals surface area contributed by atoms with E-state index in [2.05, 4.69) is 20.9 Å². The summed E-state index contributed by atoms with van der Waals surface area (Å²) in [6.45, 7) is 0.652. The third kappa shape index (κ3) is 1.61. The van der Waals surface area contributed by atoms with Crippen molar-refractivity contribution in [1.82, 2.24) is 4.98 Å². The Kier molecular flexibility index (Phi) is 2.14. The largest absolute Gasteiger partial charge is 0.483 e. The molecule has 2 aliphatic rings. The van der Waals surface area contributed by atoms with Gasteiger partial charge in [-0.25, -0.2) is 4.98 Å². The van der Waals surface area contributed by atoms with Crippen LogP contribution in [0.2, 0.25) is 0 Å². The number of aromatic nitrogens is 1. The zero-order chi connectivity index (χ0) is 10.5. The lowest BCUT2D eigenvalue weighted by molar-refractivity contribution is 0.0699. The lowest BCUT2D eigenvalue weighted by Gasteiger charge is -2.27. The number of thioether (sulfide) groups is 1. The highest BCUT2D eigenvalue weighted by Crippen LogP contribution is 2.49. The number of halogens is 1. The smallest absolute Gasteiger partial charge is 0.194 e. The van der Waals surface area contributed by atoms with E-state index in [1.165, 1.54) is 0 Å². The maximum atomic E-state index is 5.95. The summed E-state index contributed by atoms with van der Waals surface area (Å²) in [5.41, 5.74) is -0.0243. The molecule has 80 valence electrons. The molecule has 5 heteroatoms. The minimum Gasteiger partial charge on any atom is -0.483 e. The lowest BCUT2D eigenvalue weighted by atomic mass is 10.3. The molecule has 3 nitrogen and oxygen atoms in total.